The van der Waals surface area contributed by atoms with Gasteiger partial charge in [-0.15, -0.1) is 0 Å². The number of aryl methyl sites for hydroxylation is 1. The molecule has 4 heterocycles. The second-order valence-corrected chi connectivity index (χ2v) is 6.61. The number of carbonyl (C=O) groups excluding carboxylic acids is 1. The van der Waals surface area contributed by atoms with Crippen molar-refractivity contribution in [2.24, 2.45) is 0 Å². The average molecular weight is 343 g/mol. The van der Waals surface area contributed by atoms with Gasteiger partial charge in [0.1, 0.15) is 23.0 Å². The predicted octanol–water partition coefficient (Wildman–Crippen LogP) is 2.08. The molecule has 1 atom stereocenters. The number of pyridine rings is 1. The Kier molecular flexibility index (Phi) is 4.17. The van der Waals surface area contributed by atoms with Gasteiger partial charge in [0.2, 0.25) is 5.88 Å². The summed E-state index contributed by atoms with van der Waals surface area (Å²) in [6.45, 7) is 3.72. The molecule has 2 aromatic heterocycles. The third-order valence-electron chi connectivity index (χ3n) is 4.81. The van der Waals surface area contributed by atoms with Crippen LogP contribution in [0.5, 0.6) is 5.88 Å². The smallest absolute Gasteiger partial charge is 0.259 e. The molecule has 2 fully saturated rings. The van der Waals surface area contributed by atoms with Crippen LogP contribution in [0.15, 0.2) is 35.1 Å². The highest BCUT2D eigenvalue weighted by atomic mass is 16.5. The molecule has 2 aliphatic rings. The number of rotatable bonds is 4. The van der Waals surface area contributed by atoms with Gasteiger partial charge < -0.3 is 18.9 Å². The number of nitrogens with zero attached hydrogens (tertiary/aromatic N) is 3. The van der Waals surface area contributed by atoms with Crippen LogP contribution in [0.3, 0.4) is 0 Å². The molecule has 0 N–H and O–H groups in total. The fourth-order valence-corrected chi connectivity index (χ4v) is 3.55. The lowest BCUT2D eigenvalue weighted by molar-refractivity contribution is -0.174. The monoisotopic (exact) mass is 343 g/mol. The lowest BCUT2D eigenvalue weighted by atomic mass is 9.84. The molecule has 2 aromatic rings. The summed E-state index contributed by atoms with van der Waals surface area (Å²) < 4.78 is 17.1. The highest BCUT2D eigenvalue weighted by Gasteiger charge is 2.50. The molecule has 0 aliphatic carbocycles. The molecule has 1 amide bonds. The van der Waals surface area contributed by atoms with Crippen LogP contribution in [-0.4, -0.2) is 52.3 Å². The SMILES string of the molecule is CCc1oncc1C(=O)N1CC2(C[C@H](Oc3ccccn3)CCO2)C1. The second kappa shape index (κ2) is 6.48. The standard InChI is InChI=1S/C18H21N3O4/c1-2-15-14(10-20-25-15)17(22)21-11-18(12-21)9-13(6-8-23-18)24-16-5-3-4-7-19-16/h3-5,7,10,13H,2,6,8-9,11-12H2,1H3/t13-/m1/s1. The van der Waals surface area contributed by atoms with E-state index in [4.69, 9.17) is 14.0 Å². The molecule has 0 bridgehead atoms. The molecular formula is C18H21N3O4. The van der Waals surface area contributed by atoms with Gasteiger partial charge >= 0.3 is 0 Å². The topological polar surface area (TPSA) is 77.7 Å². The number of hydrogen-bond donors (Lipinski definition) is 0. The van der Waals surface area contributed by atoms with E-state index < -0.39 is 0 Å². The predicted molar refractivity (Wildman–Crippen MR) is 88.4 cm³/mol. The van der Waals surface area contributed by atoms with Gasteiger partial charge in [0, 0.05) is 31.5 Å². The van der Waals surface area contributed by atoms with Crippen molar-refractivity contribution in [2.75, 3.05) is 19.7 Å². The van der Waals surface area contributed by atoms with Gasteiger partial charge in [-0.2, -0.15) is 0 Å². The lowest BCUT2D eigenvalue weighted by Gasteiger charge is -2.52. The Balaban J connectivity index is 1.37. The zero-order valence-corrected chi connectivity index (χ0v) is 14.2. The first-order valence-corrected chi connectivity index (χ1v) is 8.63. The first kappa shape index (κ1) is 16.1. The van der Waals surface area contributed by atoms with E-state index in [9.17, 15) is 4.79 Å². The third kappa shape index (κ3) is 3.11. The maximum absolute atomic E-state index is 12.6. The Hall–Kier alpha value is -2.41. The highest BCUT2D eigenvalue weighted by Crippen LogP contribution is 2.36. The molecule has 0 saturated carbocycles. The summed E-state index contributed by atoms with van der Waals surface area (Å²) in [6.07, 6.45) is 5.52. The van der Waals surface area contributed by atoms with Gasteiger partial charge in [0.15, 0.2) is 0 Å². The van der Waals surface area contributed by atoms with Crippen molar-refractivity contribution in [2.45, 2.75) is 37.9 Å². The summed E-state index contributed by atoms with van der Waals surface area (Å²) in [6, 6.07) is 5.63. The van der Waals surface area contributed by atoms with E-state index in [0.29, 0.717) is 43.3 Å². The van der Waals surface area contributed by atoms with Gasteiger partial charge in [0.05, 0.1) is 25.9 Å². The van der Waals surface area contributed by atoms with Crippen LogP contribution in [0.1, 0.15) is 35.9 Å². The Labute approximate surface area is 145 Å². The zero-order valence-electron chi connectivity index (χ0n) is 14.2. The fraction of sp³-hybridized carbons (Fsp3) is 0.500. The highest BCUT2D eigenvalue weighted by molar-refractivity contribution is 5.95. The van der Waals surface area contributed by atoms with E-state index in [2.05, 4.69) is 10.1 Å². The number of likely N-dealkylation sites (tertiary alicyclic amines) is 1. The first-order chi connectivity index (χ1) is 12.2. The Morgan fingerprint density at radius 3 is 3.08 bits per heavy atom. The Bertz CT molecular complexity index is 740. The van der Waals surface area contributed by atoms with Crippen LogP contribution >= 0.6 is 0 Å². The van der Waals surface area contributed by atoms with Crippen LogP contribution in [0, 0.1) is 0 Å². The minimum Gasteiger partial charge on any atom is -0.474 e. The third-order valence-corrected chi connectivity index (χ3v) is 4.81. The van der Waals surface area contributed by atoms with Crippen LogP contribution in [0.2, 0.25) is 0 Å². The van der Waals surface area contributed by atoms with Crippen molar-refractivity contribution in [1.82, 2.24) is 15.0 Å². The van der Waals surface area contributed by atoms with Crippen molar-refractivity contribution in [3.05, 3.63) is 41.9 Å². The van der Waals surface area contributed by atoms with Crippen LogP contribution in [-0.2, 0) is 11.2 Å². The molecule has 2 saturated heterocycles. The van der Waals surface area contributed by atoms with Gasteiger partial charge in [-0.05, 0) is 6.07 Å². The molecule has 0 aromatic carbocycles. The number of amides is 1. The number of carbonyl (C=O) groups is 1. The maximum Gasteiger partial charge on any atom is 0.259 e. The number of hydrogen-bond acceptors (Lipinski definition) is 6. The molecule has 0 radical (unpaired) electrons. The van der Waals surface area contributed by atoms with E-state index >= 15 is 0 Å². The second-order valence-electron chi connectivity index (χ2n) is 6.61. The van der Waals surface area contributed by atoms with Crippen LogP contribution in [0.4, 0.5) is 0 Å². The van der Waals surface area contributed by atoms with Gasteiger partial charge in [-0.3, -0.25) is 4.79 Å². The van der Waals surface area contributed by atoms with E-state index in [1.54, 1.807) is 11.1 Å². The van der Waals surface area contributed by atoms with E-state index in [1.165, 1.54) is 6.20 Å². The number of aromatic nitrogens is 2. The van der Waals surface area contributed by atoms with Crippen molar-refractivity contribution >= 4 is 5.91 Å². The molecule has 25 heavy (non-hydrogen) atoms. The number of ether oxygens (including phenoxy) is 2. The molecular weight excluding hydrogens is 322 g/mol. The Morgan fingerprint density at radius 2 is 2.32 bits per heavy atom. The summed E-state index contributed by atoms with van der Waals surface area (Å²) >= 11 is 0. The lowest BCUT2D eigenvalue weighted by Crippen LogP contribution is -2.67. The van der Waals surface area contributed by atoms with Crippen molar-refractivity contribution in [3.63, 3.8) is 0 Å². The fourth-order valence-electron chi connectivity index (χ4n) is 3.55. The van der Waals surface area contributed by atoms with Gasteiger partial charge in [-0.25, -0.2) is 4.98 Å². The molecule has 0 unspecified atom stereocenters. The van der Waals surface area contributed by atoms with Crippen LogP contribution in [0.25, 0.3) is 0 Å². The quantitative estimate of drug-likeness (QED) is 0.846. The average Bonchev–Trinajstić information content (AvgIpc) is 3.09. The molecule has 7 heteroatoms. The maximum atomic E-state index is 12.6. The summed E-state index contributed by atoms with van der Waals surface area (Å²) in [5.41, 5.74) is 0.242. The Morgan fingerprint density at radius 1 is 1.44 bits per heavy atom. The van der Waals surface area contributed by atoms with E-state index in [-0.39, 0.29) is 17.6 Å². The zero-order chi connectivity index (χ0) is 17.3. The molecule has 4 rings (SSSR count). The first-order valence-electron chi connectivity index (χ1n) is 8.63. The summed E-state index contributed by atoms with van der Waals surface area (Å²) in [5.74, 6) is 1.22. The van der Waals surface area contributed by atoms with E-state index in [0.717, 1.165) is 12.8 Å². The normalized spacial score (nSPS) is 21.8. The largest absolute Gasteiger partial charge is 0.474 e. The molecule has 2 aliphatic heterocycles. The van der Waals surface area contributed by atoms with Gasteiger partial charge in [-0.1, -0.05) is 18.1 Å². The molecule has 7 nitrogen and oxygen atoms in total. The van der Waals surface area contributed by atoms with Crippen LogP contribution < -0.4 is 4.74 Å². The van der Waals surface area contributed by atoms with E-state index in [1.807, 2.05) is 25.1 Å². The minimum absolute atomic E-state index is 0.0416. The summed E-state index contributed by atoms with van der Waals surface area (Å²) in [5, 5.41) is 3.74. The van der Waals surface area contributed by atoms with Gasteiger partial charge in [0.25, 0.3) is 5.91 Å². The van der Waals surface area contributed by atoms with Crippen molar-refractivity contribution in [3.8, 4) is 5.88 Å². The van der Waals surface area contributed by atoms with Crippen molar-refractivity contribution in [1.29, 1.82) is 0 Å². The van der Waals surface area contributed by atoms with Crippen molar-refractivity contribution < 1.29 is 18.8 Å². The summed E-state index contributed by atoms with van der Waals surface area (Å²) in [4.78, 5) is 18.6. The molecule has 132 valence electrons. The molecule has 1 spiro atoms. The minimum atomic E-state index is -0.309. The summed E-state index contributed by atoms with van der Waals surface area (Å²) in [7, 11) is 0.